The van der Waals surface area contributed by atoms with Gasteiger partial charge in [0.05, 0.1) is 13.2 Å². The summed E-state index contributed by atoms with van der Waals surface area (Å²) in [5.74, 6) is -0.344. The topological polar surface area (TPSA) is 85.6 Å². The second kappa shape index (κ2) is 7.71. The minimum absolute atomic E-state index is 0.00485. The maximum atomic E-state index is 10.9. The van der Waals surface area contributed by atoms with Crippen LogP contribution in [0.25, 0.3) is 0 Å². The van der Waals surface area contributed by atoms with E-state index in [9.17, 15) is 4.79 Å². The summed E-state index contributed by atoms with van der Waals surface area (Å²) in [6, 6.07) is 0. The Kier molecular flexibility index (Phi) is 7.17. The highest BCUT2D eigenvalue weighted by atomic mass is 32.1. The monoisotopic (exact) mass is 207 g/mol. The Bertz CT molecular complexity index is 177. The summed E-state index contributed by atoms with van der Waals surface area (Å²) in [7, 11) is 1.55. The molecule has 0 heterocycles. The first-order chi connectivity index (χ1) is 6.16. The molecule has 4 N–H and O–H groups in total. The van der Waals surface area contributed by atoms with Crippen molar-refractivity contribution in [2.45, 2.75) is 0 Å². The molecule has 0 aliphatic rings. The number of thiocarbonyl (C=S) groups is 1. The zero-order valence-corrected chi connectivity index (χ0v) is 8.15. The number of carbonyl (C=O) groups excluding carboxylic acids is 1. The van der Waals surface area contributed by atoms with Crippen LogP contribution in [-0.4, -0.2) is 38.0 Å². The molecule has 76 valence electrons. The Morgan fingerprint density at radius 1 is 1.46 bits per heavy atom. The number of carbonyl (C=O) groups is 1. The van der Waals surface area contributed by atoms with Gasteiger partial charge in [-0.25, -0.2) is 0 Å². The van der Waals surface area contributed by atoms with Crippen LogP contribution in [0.1, 0.15) is 0 Å². The highest BCUT2D eigenvalue weighted by Crippen LogP contribution is 1.75. The van der Waals surface area contributed by atoms with Gasteiger partial charge in [0.1, 0.15) is 6.61 Å². The van der Waals surface area contributed by atoms with Crippen molar-refractivity contribution >= 4 is 23.2 Å². The van der Waals surface area contributed by atoms with Crippen molar-refractivity contribution in [2.24, 2.45) is 5.73 Å². The smallest absolute Gasteiger partial charge is 0.264 e. The number of methoxy groups -OCH3 is 1. The van der Waals surface area contributed by atoms with Gasteiger partial charge < -0.3 is 15.2 Å². The van der Waals surface area contributed by atoms with Crippen LogP contribution in [0.3, 0.4) is 0 Å². The molecule has 0 spiro atoms. The van der Waals surface area contributed by atoms with Crippen LogP contribution in [0.15, 0.2) is 0 Å². The van der Waals surface area contributed by atoms with Crippen molar-refractivity contribution in [1.82, 2.24) is 10.9 Å². The molecule has 7 heteroatoms. The van der Waals surface area contributed by atoms with Gasteiger partial charge in [-0.05, 0) is 12.2 Å². The van der Waals surface area contributed by atoms with E-state index in [-0.39, 0.29) is 17.6 Å². The third-order valence-electron chi connectivity index (χ3n) is 0.990. The van der Waals surface area contributed by atoms with Crippen LogP contribution < -0.4 is 16.6 Å². The SMILES string of the molecule is COCCOCC(=O)NNC(N)=S. The number of hydrazine groups is 1. The Morgan fingerprint density at radius 3 is 2.69 bits per heavy atom. The van der Waals surface area contributed by atoms with Crippen molar-refractivity contribution < 1.29 is 14.3 Å². The Labute approximate surface area is 81.7 Å². The average Bonchev–Trinajstić information content (AvgIpc) is 2.09. The zero-order chi connectivity index (χ0) is 10.1. The van der Waals surface area contributed by atoms with Crippen LogP contribution in [0, 0.1) is 0 Å². The molecule has 0 aromatic rings. The van der Waals surface area contributed by atoms with Gasteiger partial charge in [0.25, 0.3) is 5.91 Å². The number of hydrogen-bond donors (Lipinski definition) is 3. The number of amides is 1. The standard InChI is InChI=1S/C6H13N3O3S/c1-11-2-3-12-4-5(10)8-9-6(7)13/h2-4H2,1H3,(H,8,10)(H3,7,9,13). The Hall–Kier alpha value is -0.920. The molecule has 0 radical (unpaired) electrons. The number of ether oxygens (including phenoxy) is 2. The van der Waals surface area contributed by atoms with Gasteiger partial charge in [0.2, 0.25) is 0 Å². The largest absolute Gasteiger partial charge is 0.382 e. The fourth-order valence-electron chi connectivity index (χ4n) is 0.475. The van der Waals surface area contributed by atoms with E-state index in [0.29, 0.717) is 13.2 Å². The number of hydrogen-bond acceptors (Lipinski definition) is 4. The molecule has 0 bridgehead atoms. The third kappa shape index (κ3) is 8.99. The molecule has 0 saturated heterocycles. The van der Waals surface area contributed by atoms with E-state index in [0.717, 1.165) is 0 Å². The lowest BCUT2D eigenvalue weighted by Crippen LogP contribution is -2.45. The quantitative estimate of drug-likeness (QED) is 0.289. The molecule has 0 fully saturated rings. The third-order valence-corrected chi connectivity index (χ3v) is 1.09. The molecule has 0 rings (SSSR count). The summed E-state index contributed by atoms with van der Waals surface area (Å²) in [5.41, 5.74) is 9.58. The second-order valence-corrected chi connectivity index (χ2v) is 2.52. The minimum atomic E-state index is -0.344. The molecule has 1 amide bonds. The molecular weight excluding hydrogens is 194 g/mol. The molecule has 0 aromatic carbocycles. The summed E-state index contributed by atoms with van der Waals surface area (Å²) in [6.07, 6.45) is 0. The molecular formula is C6H13N3O3S. The maximum Gasteiger partial charge on any atom is 0.264 e. The van der Waals surface area contributed by atoms with E-state index in [4.69, 9.17) is 15.2 Å². The number of nitrogens with two attached hydrogens (primary N) is 1. The summed E-state index contributed by atoms with van der Waals surface area (Å²) in [5, 5.41) is 0.00485. The van der Waals surface area contributed by atoms with Gasteiger partial charge in [0, 0.05) is 7.11 Å². The summed E-state index contributed by atoms with van der Waals surface area (Å²) in [6.45, 7) is 0.770. The predicted octanol–water partition coefficient (Wildman–Crippen LogP) is -1.49. The normalized spacial score (nSPS) is 9.31. The molecule has 0 aliphatic carbocycles. The van der Waals surface area contributed by atoms with E-state index >= 15 is 0 Å². The molecule has 6 nitrogen and oxygen atoms in total. The van der Waals surface area contributed by atoms with Gasteiger partial charge in [-0.15, -0.1) is 0 Å². The van der Waals surface area contributed by atoms with Crippen LogP contribution in [0.2, 0.25) is 0 Å². The highest BCUT2D eigenvalue weighted by molar-refractivity contribution is 7.80. The highest BCUT2D eigenvalue weighted by Gasteiger charge is 1.99. The number of rotatable bonds is 5. The molecule has 13 heavy (non-hydrogen) atoms. The van der Waals surface area contributed by atoms with Crippen LogP contribution in [0.4, 0.5) is 0 Å². The first-order valence-electron chi connectivity index (χ1n) is 3.57. The van der Waals surface area contributed by atoms with Gasteiger partial charge in [-0.3, -0.25) is 15.6 Å². The van der Waals surface area contributed by atoms with Gasteiger partial charge in [0.15, 0.2) is 5.11 Å². The van der Waals surface area contributed by atoms with Crippen LogP contribution >= 0.6 is 12.2 Å². The molecule has 0 aliphatic heterocycles. The fraction of sp³-hybridized carbons (Fsp3) is 0.667. The van der Waals surface area contributed by atoms with Gasteiger partial charge in [-0.2, -0.15) is 0 Å². The zero-order valence-electron chi connectivity index (χ0n) is 7.33. The predicted molar refractivity (Wildman–Crippen MR) is 50.8 cm³/mol. The average molecular weight is 207 g/mol. The van der Waals surface area contributed by atoms with E-state index < -0.39 is 0 Å². The summed E-state index contributed by atoms with van der Waals surface area (Å²) < 4.78 is 9.62. The molecule has 0 unspecified atom stereocenters. The number of nitrogens with one attached hydrogen (secondary N) is 2. The van der Waals surface area contributed by atoms with E-state index in [1.807, 2.05) is 0 Å². The van der Waals surface area contributed by atoms with E-state index in [1.54, 1.807) is 7.11 Å². The first-order valence-corrected chi connectivity index (χ1v) is 3.98. The fourth-order valence-corrected chi connectivity index (χ4v) is 0.526. The van der Waals surface area contributed by atoms with Crippen LogP contribution in [0.5, 0.6) is 0 Å². The first kappa shape index (κ1) is 12.1. The minimum Gasteiger partial charge on any atom is -0.382 e. The summed E-state index contributed by atoms with van der Waals surface area (Å²) in [4.78, 5) is 10.9. The van der Waals surface area contributed by atoms with Gasteiger partial charge >= 0.3 is 0 Å². The van der Waals surface area contributed by atoms with Crippen LogP contribution in [-0.2, 0) is 14.3 Å². The lowest BCUT2D eigenvalue weighted by atomic mass is 10.6. The second-order valence-electron chi connectivity index (χ2n) is 2.08. The Morgan fingerprint density at radius 2 is 2.15 bits per heavy atom. The lowest BCUT2D eigenvalue weighted by Gasteiger charge is -2.06. The molecule has 0 saturated carbocycles. The van der Waals surface area contributed by atoms with Crippen molar-refractivity contribution in [3.8, 4) is 0 Å². The van der Waals surface area contributed by atoms with Crippen molar-refractivity contribution in [3.05, 3.63) is 0 Å². The summed E-state index contributed by atoms with van der Waals surface area (Å²) >= 11 is 4.46. The van der Waals surface area contributed by atoms with E-state index in [1.165, 1.54) is 0 Å². The molecule has 0 aromatic heterocycles. The lowest BCUT2D eigenvalue weighted by molar-refractivity contribution is -0.126. The van der Waals surface area contributed by atoms with E-state index in [2.05, 4.69) is 23.1 Å². The van der Waals surface area contributed by atoms with Crippen molar-refractivity contribution in [2.75, 3.05) is 26.9 Å². The van der Waals surface area contributed by atoms with Gasteiger partial charge in [-0.1, -0.05) is 0 Å². The van der Waals surface area contributed by atoms with Crippen molar-refractivity contribution in [3.63, 3.8) is 0 Å². The van der Waals surface area contributed by atoms with Crippen molar-refractivity contribution in [1.29, 1.82) is 0 Å². The maximum absolute atomic E-state index is 10.9. The Balaban J connectivity index is 3.25. The molecule has 0 atom stereocenters.